The highest BCUT2D eigenvalue weighted by molar-refractivity contribution is 7.47. The van der Waals surface area contributed by atoms with Gasteiger partial charge in [0.15, 0.2) is 12.2 Å². The summed E-state index contributed by atoms with van der Waals surface area (Å²) in [6.07, 6.45) is 53.9. The van der Waals surface area contributed by atoms with Crippen LogP contribution in [0.1, 0.15) is 381 Å². The number of rotatable bonds is 73. The molecule has 0 aliphatic rings. The molecule has 0 saturated heterocycles. The second-order valence-corrected chi connectivity index (χ2v) is 29.5. The van der Waals surface area contributed by atoms with Crippen LogP contribution in [0, 0.1) is 5.92 Å². The minimum absolute atomic E-state index is 0.108. The third-order valence-corrected chi connectivity index (χ3v) is 19.3. The van der Waals surface area contributed by atoms with Crippen LogP contribution in [-0.2, 0) is 65.4 Å². The Morgan fingerprint density at radius 3 is 0.772 bits per heavy atom. The number of aliphatic hydroxyl groups is 1. The van der Waals surface area contributed by atoms with Gasteiger partial charge >= 0.3 is 39.5 Å². The summed E-state index contributed by atoms with van der Waals surface area (Å²) in [5.74, 6) is -1.27. The summed E-state index contributed by atoms with van der Waals surface area (Å²) in [6.45, 7) is 7.31. The topological polar surface area (TPSA) is 237 Å². The Labute approximate surface area is 562 Å². The van der Waals surface area contributed by atoms with Crippen molar-refractivity contribution in [1.82, 2.24) is 0 Å². The first-order chi connectivity index (χ1) is 44.6. The number of hydrogen-bond donors (Lipinski definition) is 3. The molecule has 0 aromatic carbocycles. The standard InChI is InChI=1S/C73H142O17P2/c1-6-10-13-16-19-22-24-28-33-37-42-47-52-57-71(76)84-63-69(90-73(78)59-54-49-44-39-34-30-27-26-29-31-36-40-45-50-55-66(5)9-4)65-88-92(81,82)86-61-67(74)60-85-91(79,80)87-64-68(62-83-70(75)56-51-46-41-35-21-18-15-12-8-3)89-72(77)58-53-48-43-38-32-25-23-20-17-14-11-7-2/h66-69,74H,6-65H2,1-5H3,(H,79,80)(H,81,82)/t66?,67-,68+,69+/m0/s1. The molecule has 0 aliphatic heterocycles. The Morgan fingerprint density at radius 2 is 0.522 bits per heavy atom. The van der Waals surface area contributed by atoms with Crippen LogP contribution in [0.15, 0.2) is 0 Å². The first-order valence-corrected chi connectivity index (χ1v) is 41.2. The molecule has 0 radical (unpaired) electrons. The number of phosphoric acid groups is 2. The summed E-state index contributed by atoms with van der Waals surface area (Å²) in [7, 11) is -9.90. The van der Waals surface area contributed by atoms with Crippen molar-refractivity contribution in [3.05, 3.63) is 0 Å². The molecular formula is C73H142O17P2. The molecule has 546 valence electrons. The summed E-state index contributed by atoms with van der Waals surface area (Å²) < 4.78 is 68.4. The molecule has 3 N–H and O–H groups in total. The van der Waals surface area contributed by atoms with E-state index in [1.165, 1.54) is 205 Å². The van der Waals surface area contributed by atoms with Crippen LogP contribution < -0.4 is 0 Å². The summed E-state index contributed by atoms with van der Waals surface area (Å²) in [6, 6.07) is 0. The highest BCUT2D eigenvalue weighted by Gasteiger charge is 2.30. The Bertz CT molecular complexity index is 1770. The lowest BCUT2D eigenvalue weighted by Crippen LogP contribution is -2.30. The fourth-order valence-electron chi connectivity index (χ4n) is 11.1. The monoisotopic (exact) mass is 1350 g/mol. The number of ether oxygens (including phenoxy) is 4. The van der Waals surface area contributed by atoms with E-state index in [2.05, 4.69) is 34.6 Å². The van der Waals surface area contributed by atoms with E-state index in [9.17, 15) is 43.2 Å². The molecule has 0 aromatic rings. The zero-order valence-electron chi connectivity index (χ0n) is 59.7. The highest BCUT2D eigenvalue weighted by Crippen LogP contribution is 2.45. The van der Waals surface area contributed by atoms with E-state index in [0.717, 1.165) is 95.8 Å². The van der Waals surface area contributed by atoms with Crippen LogP contribution in [0.3, 0.4) is 0 Å². The second-order valence-electron chi connectivity index (χ2n) is 26.6. The van der Waals surface area contributed by atoms with Gasteiger partial charge in [-0.05, 0) is 31.6 Å². The van der Waals surface area contributed by atoms with E-state index in [0.29, 0.717) is 25.7 Å². The molecule has 0 aliphatic carbocycles. The van der Waals surface area contributed by atoms with Crippen LogP contribution >= 0.6 is 15.6 Å². The predicted molar refractivity (Wildman–Crippen MR) is 372 cm³/mol. The summed E-state index contributed by atoms with van der Waals surface area (Å²) in [5, 5.41) is 10.6. The van der Waals surface area contributed by atoms with E-state index in [4.69, 9.17) is 37.0 Å². The van der Waals surface area contributed by atoms with Gasteiger partial charge in [-0.15, -0.1) is 0 Å². The van der Waals surface area contributed by atoms with Crippen molar-refractivity contribution < 1.29 is 80.2 Å². The number of esters is 4. The van der Waals surface area contributed by atoms with Gasteiger partial charge in [0.25, 0.3) is 0 Å². The van der Waals surface area contributed by atoms with Crippen LogP contribution in [0.5, 0.6) is 0 Å². The maximum Gasteiger partial charge on any atom is 0.472 e. The number of carbonyl (C=O) groups is 4. The maximum atomic E-state index is 13.1. The lowest BCUT2D eigenvalue weighted by atomic mass is 9.99. The molecule has 0 aromatic heterocycles. The quantitative estimate of drug-likeness (QED) is 0.0222. The lowest BCUT2D eigenvalue weighted by Gasteiger charge is -2.21. The van der Waals surface area contributed by atoms with Crippen molar-refractivity contribution in [1.29, 1.82) is 0 Å². The Kier molecular flexibility index (Phi) is 64.9. The van der Waals surface area contributed by atoms with Crippen molar-refractivity contribution >= 4 is 39.5 Å². The van der Waals surface area contributed by atoms with Crippen LogP contribution in [0.4, 0.5) is 0 Å². The number of aliphatic hydroxyl groups excluding tert-OH is 1. The Morgan fingerprint density at radius 1 is 0.304 bits per heavy atom. The number of hydrogen-bond acceptors (Lipinski definition) is 15. The summed E-state index contributed by atoms with van der Waals surface area (Å²) >= 11 is 0. The van der Waals surface area contributed by atoms with Gasteiger partial charge in [-0.25, -0.2) is 9.13 Å². The zero-order chi connectivity index (χ0) is 67.7. The molecule has 19 heteroatoms. The van der Waals surface area contributed by atoms with Gasteiger partial charge < -0.3 is 33.8 Å². The van der Waals surface area contributed by atoms with Gasteiger partial charge in [-0.3, -0.25) is 37.3 Å². The van der Waals surface area contributed by atoms with Gasteiger partial charge in [-0.2, -0.15) is 0 Å². The number of unbranched alkanes of at least 4 members (excludes halogenated alkanes) is 44. The minimum Gasteiger partial charge on any atom is -0.462 e. The number of carbonyl (C=O) groups excluding carboxylic acids is 4. The lowest BCUT2D eigenvalue weighted by molar-refractivity contribution is -0.161. The van der Waals surface area contributed by atoms with Crippen LogP contribution in [0.2, 0.25) is 0 Å². The fraction of sp³-hybridized carbons (Fsp3) is 0.945. The second kappa shape index (κ2) is 66.3. The molecule has 0 spiro atoms. The predicted octanol–water partition coefficient (Wildman–Crippen LogP) is 21.3. The Hall–Kier alpha value is -1.94. The molecule has 0 saturated carbocycles. The Balaban J connectivity index is 5.22. The van der Waals surface area contributed by atoms with E-state index < -0.39 is 97.5 Å². The molecule has 6 atom stereocenters. The molecule has 0 rings (SSSR count). The maximum absolute atomic E-state index is 13.1. The molecule has 0 heterocycles. The average molecular weight is 1350 g/mol. The van der Waals surface area contributed by atoms with Crippen molar-refractivity contribution in [2.75, 3.05) is 39.6 Å². The largest absolute Gasteiger partial charge is 0.472 e. The molecular weight excluding hydrogens is 1210 g/mol. The third kappa shape index (κ3) is 65.4. The molecule has 92 heavy (non-hydrogen) atoms. The third-order valence-electron chi connectivity index (χ3n) is 17.4. The van der Waals surface area contributed by atoms with Gasteiger partial charge in [0.1, 0.15) is 19.3 Å². The average Bonchev–Trinajstić information content (AvgIpc) is 2.85. The van der Waals surface area contributed by atoms with E-state index in [-0.39, 0.29) is 25.7 Å². The minimum atomic E-state index is -4.95. The molecule has 0 fully saturated rings. The number of phosphoric ester groups is 2. The summed E-state index contributed by atoms with van der Waals surface area (Å²) in [5.41, 5.74) is 0. The normalized spacial score (nSPS) is 14.3. The van der Waals surface area contributed by atoms with Crippen molar-refractivity contribution in [3.63, 3.8) is 0 Å². The van der Waals surface area contributed by atoms with Crippen molar-refractivity contribution in [2.45, 2.75) is 400 Å². The van der Waals surface area contributed by atoms with Gasteiger partial charge in [-0.1, -0.05) is 330 Å². The van der Waals surface area contributed by atoms with Crippen LogP contribution in [0.25, 0.3) is 0 Å². The smallest absolute Gasteiger partial charge is 0.462 e. The summed E-state index contributed by atoms with van der Waals surface area (Å²) in [4.78, 5) is 72.6. The first kappa shape index (κ1) is 90.1. The molecule has 3 unspecified atom stereocenters. The fourth-order valence-corrected chi connectivity index (χ4v) is 12.7. The van der Waals surface area contributed by atoms with Gasteiger partial charge in [0.2, 0.25) is 0 Å². The van der Waals surface area contributed by atoms with E-state index in [1.54, 1.807) is 0 Å². The molecule has 0 bridgehead atoms. The van der Waals surface area contributed by atoms with E-state index >= 15 is 0 Å². The first-order valence-electron chi connectivity index (χ1n) is 38.2. The zero-order valence-corrected chi connectivity index (χ0v) is 61.5. The van der Waals surface area contributed by atoms with Gasteiger partial charge in [0.05, 0.1) is 26.4 Å². The highest BCUT2D eigenvalue weighted by atomic mass is 31.2. The van der Waals surface area contributed by atoms with Gasteiger partial charge in [0, 0.05) is 25.7 Å². The SMILES string of the molecule is CCCCCCCCCCCCCCCC(=O)OC[C@H](COP(=O)(O)OC[C@@H](O)COP(=O)(O)OC[C@@H](COC(=O)CCCCCCCCCCC)OC(=O)CCCCCCCCCCCCCC)OC(=O)CCCCCCCCCCCCCCCCC(C)CC. The molecule has 0 amide bonds. The molecule has 17 nitrogen and oxygen atoms in total. The van der Waals surface area contributed by atoms with Crippen molar-refractivity contribution in [3.8, 4) is 0 Å². The van der Waals surface area contributed by atoms with Crippen molar-refractivity contribution in [2.24, 2.45) is 5.92 Å². The van der Waals surface area contributed by atoms with Crippen LogP contribution in [-0.4, -0.2) is 96.7 Å². The van der Waals surface area contributed by atoms with E-state index in [1.807, 2.05) is 0 Å².